The molecule has 0 aromatic rings. The molecule has 13 heavy (non-hydrogen) atoms. The van der Waals surface area contributed by atoms with Crippen molar-refractivity contribution in [2.45, 2.75) is 64.8 Å². The summed E-state index contributed by atoms with van der Waals surface area (Å²) in [5.74, 6) is 0. The van der Waals surface area contributed by atoms with Gasteiger partial charge in [-0.3, -0.25) is 0 Å². The van der Waals surface area contributed by atoms with Crippen LogP contribution in [0.1, 0.15) is 58.8 Å². The molecule has 1 fully saturated rings. The summed E-state index contributed by atoms with van der Waals surface area (Å²) in [7, 11) is 0. The third-order valence-electron chi connectivity index (χ3n) is 3.12. The van der Waals surface area contributed by atoms with Gasteiger partial charge in [-0.2, -0.15) is 0 Å². The second kappa shape index (κ2) is 6.42. The van der Waals surface area contributed by atoms with E-state index in [0.29, 0.717) is 0 Å². The van der Waals surface area contributed by atoms with Crippen LogP contribution in [0.15, 0.2) is 0 Å². The number of rotatable bonds is 1. The summed E-state index contributed by atoms with van der Waals surface area (Å²) in [5.41, 5.74) is 0. The molecule has 0 atom stereocenters. The van der Waals surface area contributed by atoms with E-state index < -0.39 is 0 Å². The van der Waals surface area contributed by atoms with Gasteiger partial charge in [0, 0.05) is 6.04 Å². The number of nitrogens with zero attached hydrogens (tertiary/aromatic N) is 1. The molecule has 0 aromatic carbocycles. The van der Waals surface area contributed by atoms with Crippen molar-refractivity contribution in [3.63, 3.8) is 0 Å². The van der Waals surface area contributed by atoms with Crippen molar-refractivity contribution in [1.82, 2.24) is 4.90 Å². The first-order chi connectivity index (χ1) is 6.30. The molecule has 1 aliphatic heterocycles. The third-order valence-corrected chi connectivity index (χ3v) is 3.12. The molecule has 1 aliphatic rings. The van der Waals surface area contributed by atoms with Crippen LogP contribution in [0.3, 0.4) is 0 Å². The molecule has 0 aromatic heterocycles. The standard InChI is InChI=1S/C12H25N/c1-12(2)13-10-8-6-4-3-5-7-9-11-13/h12H,3-11H2,1-2H3. The second-order valence-corrected chi connectivity index (χ2v) is 4.60. The Morgan fingerprint density at radius 1 is 0.692 bits per heavy atom. The van der Waals surface area contributed by atoms with Gasteiger partial charge in [-0.1, -0.05) is 32.1 Å². The van der Waals surface area contributed by atoms with Crippen LogP contribution in [-0.2, 0) is 0 Å². The van der Waals surface area contributed by atoms with E-state index >= 15 is 0 Å². The molecule has 1 nitrogen and oxygen atoms in total. The lowest BCUT2D eigenvalue weighted by Gasteiger charge is -2.27. The molecule has 1 saturated heterocycles. The summed E-state index contributed by atoms with van der Waals surface area (Å²) in [5, 5.41) is 0. The van der Waals surface area contributed by atoms with E-state index in [1.165, 1.54) is 58.0 Å². The summed E-state index contributed by atoms with van der Waals surface area (Å²) in [6.07, 6.45) is 10.1. The topological polar surface area (TPSA) is 3.24 Å². The van der Waals surface area contributed by atoms with Crippen LogP contribution in [0.2, 0.25) is 0 Å². The van der Waals surface area contributed by atoms with Gasteiger partial charge in [0.05, 0.1) is 0 Å². The molecule has 0 aliphatic carbocycles. The number of hydrogen-bond donors (Lipinski definition) is 0. The SMILES string of the molecule is CC(C)N1CCCCCCCCC1. The Morgan fingerprint density at radius 3 is 1.46 bits per heavy atom. The monoisotopic (exact) mass is 183 g/mol. The minimum Gasteiger partial charge on any atom is -0.301 e. The summed E-state index contributed by atoms with van der Waals surface area (Å²) in [6, 6.07) is 0.749. The van der Waals surface area contributed by atoms with Crippen molar-refractivity contribution >= 4 is 0 Å². The molecule has 1 rings (SSSR count). The normalized spacial score (nSPS) is 23.3. The van der Waals surface area contributed by atoms with Crippen molar-refractivity contribution in [1.29, 1.82) is 0 Å². The van der Waals surface area contributed by atoms with Gasteiger partial charge in [0.15, 0.2) is 0 Å². The lowest BCUT2D eigenvalue weighted by molar-refractivity contribution is 0.208. The van der Waals surface area contributed by atoms with Crippen LogP contribution in [0, 0.1) is 0 Å². The van der Waals surface area contributed by atoms with Crippen LogP contribution in [0.4, 0.5) is 0 Å². The van der Waals surface area contributed by atoms with E-state index in [9.17, 15) is 0 Å². The fraction of sp³-hybridized carbons (Fsp3) is 1.00. The van der Waals surface area contributed by atoms with Crippen LogP contribution in [0.5, 0.6) is 0 Å². The maximum absolute atomic E-state index is 2.64. The average molecular weight is 183 g/mol. The van der Waals surface area contributed by atoms with E-state index in [1.807, 2.05) is 0 Å². The van der Waals surface area contributed by atoms with Gasteiger partial charge < -0.3 is 4.90 Å². The molecule has 0 unspecified atom stereocenters. The molecule has 0 saturated carbocycles. The Hall–Kier alpha value is -0.0400. The molecule has 78 valence electrons. The first kappa shape index (κ1) is 11.0. The zero-order valence-electron chi connectivity index (χ0n) is 9.39. The predicted octanol–water partition coefficient (Wildman–Crippen LogP) is 3.44. The number of hydrogen-bond acceptors (Lipinski definition) is 1. The van der Waals surface area contributed by atoms with Crippen LogP contribution in [-0.4, -0.2) is 24.0 Å². The van der Waals surface area contributed by atoms with Crippen LogP contribution >= 0.6 is 0 Å². The van der Waals surface area contributed by atoms with Crippen molar-refractivity contribution in [3.8, 4) is 0 Å². The Balaban J connectivity index is 2.26. The van der Waals surface area contributed by atoms with E-state index in [1.54, 1.807) is 0 Å². The molecular weight excluding hydrogens is 158 g/mol. The highest BCUT2D eigenvalue weighted by atomic mass is 15.1. The highest BCUT2D eigenvalue weighted by Crippen LogP contribution is 2.12. The van der Waals surface area contributed by atoms with E-state index in [-0.39, 0.29) is 0 Å². The Labute approximate surface area is 83.5 Å². The van der Waals surface area contributed by atoms with Gasteiger partial charge in [0.2, 0.25) is 0 Å². The van der Waals surface area contributed by atoms with Crippen molar-refractivity contribution in [3.05, 3.63) is 0 Å². The second-order valence-electron chi connectivity index (χ2n) is 4.60. The molecule has 0 radical (unpaired) electrons. The molecular formula is C12H25N. The summed E-state index contributed by atoms with van der Waals surface area (Å²) >= 11 is 0. The van der Waals surface area contributed by atoms with Gasteiger partial charge in [-0.15, -0.1) is 0 Å². The Kier molecular flexibility index (Phi) is 5.45. The minimum atomic E-state index is 0.749. The van der Waals surface area contributed by atoms with Gasteiger partial charge in [-0.05, 0) is 39.8 Å². The van der Waals surface area contributed by atoms with E-state index in [0.717, 1.165) is 6.04 Å². The smallest absolute Gasteiger partial charge is 0.00385 e. The maximum atomic E-state index is 2.64. The lowest BCUT2D eigenvalue weighted by Crippen LogP contribution is -2.33. The molecule has 0 spiro atoms. The summed E-state index contributed by atoms with van der Waals surface area (Å²) in [6.45, 7) is 7.31. The zero-order valence-corrected chi connectivity index (χ0v) is 9.39. The van der Waals surface area contributed by atoms with Gasteiger partial charge in [0.1, 0.15) is 0 Å². The van der Waals surface area contributed by atoms with Crippen molar-refractivity contribution in [2.24, 2.45) is 0 Å². The van der Waals surface area contributed by atoms with Crippen molar-refractivity contribution < 1.29 is 0 Å². The molecule has 0 amide bonds. The summed E-state index contributed by atoms with van der Waals surface area (Å²) < 4.78 is 0. The van der Waals surface area contributed by atoms with E-state index in [4.69, 9.17) is 0 Å². The fourth-order valence-corrected chi connectivity index (χ4v) is 2.14. The van der Waals surface area contributed by atoms with Crippen molar-refractivity contribution in [2.75, 3.05) is 13.1 Å². The Morgan fingerprint density at radius 2 is 1.08 bits per heavy atom. The minimum absolute atomic E-state index is 0.749. The molecule has 1 heterocycles. The van der Waals surface area contributed by atoms with E-state index in [2.05, 4.69) is 18.7 Å². The average Bonchev–Trinajstić information content (AvgIpc) is 2.14. The first-order valence-corrected chi connectivity index (χ1v) is 6.05. The highest BCUT2D eigenvalue weighted by molar-refractivity contribution is 4.64. The first-order valence-electron chi connectivity index (χ1n) is 6.05. The molecule has 0 bridgehead atoms. The molecule has 0 N–H and O–H groups in total. The van der Waals surface area contributed by atoms with Crippen LogP contribution < -0.4 is 0 Å². The quantitative estimate of drug-likeness (QED) is 0.602. The lowest BCUT2D eigenvalue weighted by atomic mass is 10.1. The largest absolute Gasteiger partial charge is 0.301 e. The Bertz CT molecular complexity index is 110. The molecule has 1 heteroatoms. The third kappa shape index (κ3) is 4.66. The fourth-order valence-electron chi connectivity index (χ4n) is 2.14. The highest BCUT2D eigenvalue weighted by Gasteiger charge is 2.09. The van der Waals surface area contributed by atoms with Gasteiger partial charge in [0.25, 0.3) is 0 Å². The van der Waals surface area contributed by atoms with Gasteiger partial charge >= 0.3 is 0 Å². The van der Waals surface area contributed by atoms with Gasteiger partial charge in [-0.25, -0.2) is 0 Å². The zero-order chi connectivity index (χ0) is 9.52. The van der Waals surface area contributed by atoms with Crippen LogP contribution in [0.25, 0.3) is 0 Å². The predicted molar refractivity (Wildman–Crippen MR) is 59.0 cm³/mol. The summed E-state index contributed by atoms with van der Waals surface area (Å²) in [4.78, 5) is 2.64. The maximum Gasteiger partial charge on any atom is 0.00385 e.